The first kappa shape index (κ1) is 13.8. The van der Waals surface area contributed by atoms with E-state index in [0.717, 1.165) is 11.6 Å². The SMILES string of the molecule is CC(NC(c1cccs1)C1CCCC1)c1ccccn1. The number of nitrogens with one attached hydrogen (secondary N) is 1. The number of hydrogen-bond acceptors (Lipinski definition) is 3. The van der Waals surface area contributed by atoms with Gasteiger partial charge in [-0.3, -0.25) is 4.98 Å². The van der Waals surface area contributed by atoms with Gasteiger partial charge in [0.1, 0.15) is 0 Å². The van der Waals surface area contributed by atoms with Crippen molar-refractivity contribution in [2.45, 2.75) is 44.7 Å². The molecule has 1 N–H and O–H groups in total. The Morgan fingerprint density at radius 1 is 1.20 bits per heavy atom. The highest BCUT2D eigenvalue weighted by atomic mass is 32.1. The van der Waals surface area contributed by atoms with E-state index in [-0.39, 0.29) is 0 Å². The lowest BCUT2D eigenvalue weighted by Crippen LogP contribution is -2.29. The summed E-state index contributed by atoms with van der Waals surface area (Å²) in [5, 5.41) is 6.01. The highest BCUT2D eigenvalue weighted by Crippen LogP contribution is 2.38. The van der Waals surface area contributed by atoms with Gasteiger partial charge in [0, 0.05) is 23.2 Å². The molecular formula is C17H22N2S. The first-order chi connectivity index (χ1) is 9.84. The van der Waals surface area contributed by atoms with Crippen LogP contribution >= 0.6 is 11.3 Å². The lowest BCUT2D eigenvalue weighted by atomic mass is 9.95. The highest BCUT2D eigenvalue weighted by molar-refractivity contribution is 7.10. The van der Waals surface area contributed by atoms with E-state index in [4.69, 9.17) is 0 Å². The molecule has 2 unspecified atom stereocenters. The van der Waals surface area contributed by atoms with Crippen LogP contribution in [0.25, 0.3) is 0 Å². The van der Waals surface area contributed by atoms with Gasteiger partial charge in [-0.15, -0.1) is 11.3 Å². The third kappa shape index (κ3) is 3.10. The fourth-order valence-corrected chi connectivity index (χ4v) is 4.07. The number of rotatable bonds is 5. The summed E-state index contributed by atoms with van der Waals surface area (Å²) in [5.41, 5.74) is 1.13. The second-order valence-electron chi connectivity index (χ2n) is 5.68. The molecule has 2 nitrogen and oxygen atoms in total. The van der Waals surface area contributed by atoms with Crippen molar-refractivity contribution < 1.29 is 0 Å². The summed E-state index contributed by atoms with van der Waals surface area (Å²) in [4.78, 5) is 5.95. The Bertz CT molecular complexity index is 503. The largest absolute Gasteiger partial charge is 0.301 e. The molecule has 1 aliphatic carbocycles. The van der Waals surface area contributed by atoms with Gasteiger partial charge in [0.2, 0.25) is 0 Å². The molecule has 3 rings (SSSR count). The molecule has 0 bridgehead atoms. The second-order valence-corrected chi connectivity index (χ2v) is 6.66. The van der Waals surface area contributed by atoms with E-state index < -0.39 is 0 Å². The summed E-state index contributed by atoms with van der Waals surface area (Å²) in [6.07, 6.45) is 7.34. The molecule has 2 aromatic rings. The Balaban J connectivity index is 1.76. The summed E-state index contributed by atoms with van der Waals surface area (Å²) >= 11 is 1.87. The molecule has 106 valence electrons. The van der Waals surface area contributed by atoms with Crippen molar-refractivity contribution in [1.82, 2.24) is 10.3 Å². The van der Waals surface area contributed by atoms with Gasteiger partial charge < -0.3 is 5.32 Å². The molecule has 1 aliphatic rings. The van der Waals surface area contributed by atoms with Crippen LogP contribution in [0.4, 0.5) is 0 Å². The molecule has 0 radical (unpaired) electrons. The number of thiophene rings is 1. The topological polar surface area (TPSA) is 24.9 Å². The highest BCUT2D eigenvalue weighted by Gasteiger charge is 2.28. The van der Waals surface area contributed by atoms with Crippen LogP contribution < -0.4 is 5.32 Å². The maximum atomic E-state index is 4.48. The predicted octanol–water partition coefficient (Wildman–Crippen LogP) is 4.73. The van der Waals surface area contributed by atoms with Crippen LogP contribution in [-0.2, 0) is 0 Å². The van der Waals surface area contributed by atoms with Gasteiger partial charge in [-0.1, -0.05) is 25.0 Å². The van der Waals surface area contributed by atoms with Gasteiger partial charge in [-0.25, -0.2) is 0 Å². The standard InChI is InChI=1S/C17H22N2S/c1-13(15-9-4-5-11-18-15)19-17(14-7-2-3-8-14)16-10-6-12-20-16/h4-6,9-14,17,19H,2-3,7-8H2,1H3. The molecule has 20 heavy (non-hydrogen) atoms. The molecule has 0 spiro atoms. The Morgan fingerprint density at radius 3 is 2.70 bits per heavy atom. The van der Waals surface area contributed by atoms with Crippen molar-refractivity contribution in [1.29, 1.82) is 0 Å². The van der Waals surface area contributed by atoms with E-state index in [2.05, 4.69) is 46.9 Å². The average molecular weight is 286 g/mol. The van der Waals surface area contributed by atoms with Crippen molar-refractivity contribution in [2.75, 3.05) is 0 Å². The molecule has 3 heteroatoms. The van der Waals surface area contributed by atoms with Crippen LogP contribution in [0.15, 0.2) is 41.9 Å². The third-order valence-corrected chi connectivity index (χ3v) is 5.24. The lowest BCUT2D eigenvalue weighted by molar-refractivity contribution is 0.340. The molecule has 2 aromatic heterocycles. The zero-order valence-corrected chi connectivity index (χ0v) is 12.8. The van der Waals surface area contributed by atoms with Crippen LogP contribution in [0, 0.1) is 5.92 Å². The van der Waals surface area contributed by atoms with Gasteiger partial charge in [0.15, 0.2) is 0 Å². The zero-order valence-electron chi connectivity index (χ0n) is 12.0. The van der Waals surface area contributed by atoms with Crippen LogP contribution in [-0.4, -0.2) is 4.98 Å². The first-order valence-corrected chi connectivity index (χ1v) is 8.43. The molecule has 1 saturated carbocycles. The Morgan fingerprint density at radius 2 is 2.05 bits per heavy atom. The minimum atomic E-state index is 0.295. The average Bonchev–Trinajstić information content (AvgIpc) is 3.19. The van der Waals surface area contributed by atoms with Crippen LogP contribution in [0.2, 0.25) is 0 Å². The van der Waals surface area contributed by atoms with Crippen molar-refractivity contribution >= 4 is 11.3 Å². The third-order valence-electron chi connectivity index (χ3n) is 4.28. The Labute approximate surface area is 125 Å². The van der Waals surface area contributed by atoms with Gasteiger partial charge in [0.25, 0.3) is 0 Å². The fourth-order valence-electron chi connectivity index (χ4n) is 3.20. The van der Waals surface area contributed by atoms with E-state index in [1.807, 2.05) is 23.6 Å². The van der Waals surface area contributed by atoms with Crippen molar-refractivity contribution in [3.8, 4) is 0 Å². The lowest BCUT2D eigenvalue weighted by Gasteiger charge is -2.27. The Kier molecular flexibility index (Phi) is 4.48. The predicted molar refractivity (Wildman–Crippen MR) is 84.8 cm³/mol. The van der Waals surface area contributed by atoms with Gasteiger partial charge in [-0.2, -0.15) is 0 Å². The van der Waals surface area contributed by atoms with Crippen molar-refractivity contribution in [3.63, 3.8) is 0 Å². The smallest absolute Gasteiger partial charge is 0.0570 e. The first-order valence-electron chi connectivity index (χ1n) is 7.55. The van der Waals surface area contributed by atoms with Gasteiger partial charge in [-0.05, 0) is 49.3 Å². The number of pyridine rings is 1. The maximum absolute atomic E-state index is 4.48. The molecule has 0 aromatic carbocycles. The molecule has 0 saturated heterocycles. The minimum Gasteiger partial charge on any atom is -0.301 e. The maximum Gasteiger partial charge on any atom is 0.0570 e. The monoisotopic (exact) mass is 286 g/mol. The molecule has 0 aliphatic heterocycles. The van der Waals surface area contributed by atoms with E-state index in [0.29, 0.717) is 12.1 Å². The van der Waals surface area contributed by atoms with Crippen molar-refractivity contribution in [2.24, 2.45) is 5.92 Å². The minimum absolute atomic E-state index is 0.295. The summed E-state index contributed by atoms with van der Waals surface area (Å²) in [5.74, 6) is 0.778. The molecular weight excluding hydrogens is 264 g/mol. The molecule has 0 amide bonds. The second kappa shape index (κ2) is 6.51. The van der Waals surface area contributed by atoms with E-state index >= 15 is 0 Å². The molecule has 2 atom stereocenters. The van der Waals surface area contributed by atoms with Crippen molar-refractivity contribution in [3.05, 3.63) is 52.5 Å². The number of nitrogens with zero attached hydrogens (tertiary/aromatic N) is 1. The van der Waals surface area contributed by atoms with Crippen LogP contribution in [0.5, 0.6) is 0 Å². The Hall–Kier alpha value is -1.19. The summed E-state index contributed by atoms with van der Waals surface area (Å²) in [6.45, 7) is 2.22. The van der Waals surface area contributed by atoms with Gasteiger partial charge >= 0.3 is 0 Å². The number of aromatic nitrogens is 1. The fraction of sp³-hybridized carbons (Fsp3) is 0.471. The summed E-state index contributed by atoms with van der Waals surface area (Å²) < 4.78 is 0. The molecule has 1 fully saturated rings. The molecule has 2 heterocycles. The summed E-state index contributed by atoms with van der Waals surface area (Å²) in [6, 6.07) is 11.4. The normalized spacial score (nSPS) is 19.1. The summed E-state index contributed by atoms with van der Waals surface area (Å²) in [7, 11) is 0. The zero-order chi connectivity index (χ0) is 13.8. The van der Waals surface area contributed by atoms with Crippen LogP contribution in [0.1, 0.15) is 55.3 Å². The van der Waals surface area contributed by atoms with Crippen LogP contribution in [0.3, 0.4) is 0 Å². The van der Waals surface area contributed by atoms with Gasteiger partial charge in [0.05, 0.1) is 5.69 Å². The number of hydrogen-bond donors (Lipinski definition) is 1. The quantitative estimate of drug-likeness (QED) is 0.860. The van der Waals surface area contributed by atoms with E-state index in [9.17, 15) is 0 Å². The van der Waals surface area contributed by atoms with E-state index in [1.54, 1.807) is 0 Å². The van der Waals surface area contributed by atoms with E-state index in [1.165, 1.54) is 30.6 Å².